The molecule has 32 heavy (non-hydrogen) atoms. The van der Waals surface area contributed by atoms with Crippen LogP contribution in [-0.2, 0) is 11.3 Å². The van der Waals surface area contributed by atoms with Crippen molar-refractivity contribution < 1.29 is 32.7 Å². The van der Waals surface area contributed by atoms with E-state index in [1.165, 1.54) is 25.1 Å². The minimum atomic E-state index is -3.20. The number of para-hydroxylation sites is 1. The van der Waals surface area contributed by atoms with E-state index in [4.69, 9.17) is 9.47 Å². The Kier molecular flexibility index (Phi) is 7.25. The third kappa shape index (κ3) is 4.97. The van der Waals surface area contributed by atoms with Gasteiger partial charge in [-0.1, -0.05) is 30.0 Å². The smallest absolute Gasteiger partial charge is 0.387 e. The summed E-state index contributed by atoms with van der Waals surface area (Å²) in [6.45, 7) is -3.70. The molecule has 0 fully saturated rings. The Morgan fingerprint density at radius 3 is 2.56 bits per heavy atom. The molecular formula is C20H17F2N3O6S. The summed E-state index contributed by atoms with van der Waals surface area (Å²) in [6.07, 6.45) is 3.14. The lowest BCUT2D eigenvalue weighted by atomic mass is 10.1. The fourth-order valence-electron chi connectivity index (χ4n) is 2.89. The molecule has 0 saturated heterocycles. The molecule has 0 radical (unpaired) electrons. The number of halogens is 2. The van der Waals surface area contributed by atoms with Gasteiger partial charge >= 0.3 is 12.6 Å². The Bertz CT molecular complexity index is 1120. The van der Waals surface area contributed by atoms with Crippen molar-refractivity contribution in [3.63, 3.8) is 0 Å². The molecule has 1 aromatic heterocycles. The van der Waals surface area contributed by atoms with Crippen LogP contribution in [0.4, 0.5) is 14.5 Å². The van der Waals surface area contributed by atoms with E-state index in [0.29, 0.717) is 10.8 Å². The SMILES string of the molecule is COc1cc(COC(=O)c2cnc(SC)n2-c2ccccc2)c([N+](=O)[O-])cc1OC(F)F. The van der Waals surface area contributed by atoms with Gasteiger partial charge in [-0.2, -0.15) is 8.78 Å². The maximum atomic E-state index is 12.8. The number of hydrogen-bond acceptors (Lipinski definition) is 8. The number of carbonyl (C=O) groups is 1. The number of esters is 1. The maximum absolute atomic E-state index is 12.8. The average molecular weight is 465 g/mol. The molecular weight excluding hydrogens is 448 g/mol. The number of nitrogens with zero attached hydrogens (tertiary/aromatic N) is 3. The van der Waals surface area contributed by atoms with E-state index in [1.54, 1.807) is 35.1 Å². The zero-order chi connectivity index (χ0) is 23.3. The fraction of sp³-hybridized carbons (Fsp3) is 0.200. The number of benzene rings is 2. The molecule has 0 aliphatic rings. The number of nitro benzene ring substituents is 1. The summed E-state index contributed by atoms with van der Waals surface area (Å²) >= 11 is 1.32. The van der Waals surface area contributed by atoms with Crippen LogP contribution in [0, 0.1) is 10.1 Å². The van der Waals surface area contributed by atoms with Gasteiger partial charge in [0.15, 0.2) is 22.3 Å². The van der Waals surface area contributed by atoms with Crippen LogP contribution in [-0.4, -0.2) is 40.4 Å². The van der Waals surface area contributed by atoms with Crippen molar-refractivity contribution in [2.24, 2.45) is 0 Å². The van der Waals surface area contributed by atoms with Crippen LogP contribution >= 0.6 is 11.8 Å². The summed E-state index contributed by atoms with van der Waals surface area (Å²) < 4.78 is 41.3. The van der Waals surface area contributed by atoms with Gasteiger partial charge in [0.05, 0.1) is 29.9 Å². The highest BCUT2D eigenvalue weighted by Gasteiger charge is 2.24. The van der Waals surface area contributed by atoms with Crippen LogP contribution < -0.4 is 9.47 Å². The van der Waals surface area contributed by atoms with Crippen LogP contribution in [0.25, 0.3) is 5.69 Å². The second-order valence-corrected chi connectivity index (χ2v) is 6.92. The van der Waals surface area contributed by atoms with Gasteiger partial charge in [0.2, 0.25) is 0 Å². The summed E-state index contributed by atoms with van der Waals surface area (Å²) in [5, 5.41) is 12.0. The summed E-state index contributed by atoms with van der Waals surface area (Å²) in [4.78, 5) is 27.6. The number of alkyl halides is 2. The fourth-order valence-corrected chi connectivity index (χ4v) is 3.44. The molecule has 3 aromatic rings. The normalized spacial score (nSPS) is 10.8. The van der Waals surface area contributed by atoms with Gasteiger partial charge in [0, 0.05) is 5.69 Å². The van der Waals surface area contributed by atoms with Crippen molar-refractivity contribution in [1.29, 1.82) is 0 Å². The van der Waals surface area contributed by atoms with Gasteiger partial charge in [-0.3, -0.25) is 14.7 Å². The Morgan fingerprint density at radius 2 is 1.97 bits per heavy atom. The quantitative estimate of drug-likeness (QED) is 0.197. The van der Waals surface area contributed by atoms with E-state index >= 15 is 0 Å². The molecule has 0 unspecified atom stereocenters. The zero-order valence-electron chi connectivity index (χ0n) is 16.9. The number of carbonyl (C=O) groups excluding carboxylic acids is 1. The first-order valence-electron chi connectivity index (χ1n) is 9.00. The molecule has 9 nitrogen and oxygen atoms in total. The number of nitro groups is 1. The Balaban J connectivity index is 1.90. The monoisotopic (exact) mass is 465 g/mol. The molecule has 0 bridgehead atoms. The van der Waals surface area contributed by atoms with E-state index < -0.39 is 35.5 Å². The lowest BCUT2D eigenvalue weighted by Gasteiger charge is -2.13. The van der Waals surface area contributed by atoms with Gasteiger partial charge in [-0.15, -0.1) is 0 Å². The summed E-state index contributed by atoms with van der Waals surface area (Å²) in [5.41, 5.74) is 0.184. The number of methoxy groups -OCH3 is 1. The molecule has 0 N–H and O–H groups in total. The molecule has 0 aliphatic heterocycles. The maximum Gasteiger partial charge on any atom is 0.387 e. The molecule has 168 valence electrons. The number of ether oxygens (including phenoxy) is 3. The van der Waals surface area contributed by atoms with Crippen molar-refractivity contribution >= 4 is 23.4 Å². The van der Waals surface area contributed by atoms with Crippen LogP contribution in [0.2, 0.25) is 0 Å². The van der Waals surface area contributed by atoms with E-state index in [1.807, 2.05) is 6.07 Å². The van der Waals surface area contributed by atoms with Gasteiger partial charge in [-0.05, 0) is 24.5 Å². The second-order valence-electron chi connectivity index (χ2n) is 6.14. The number of thioether (sulfide) groups is 1. The van der Waals surface area contributed by atoms with Gasteiger partial charge in [-0.25, -0.2) is 9.78 Å². The Hall–Kier alpha value is -3.67. The van der Waals surface area contributed by atoms with Crippen molar-refractivity contribution in [2.45, 2.75) is 18.4 Å². The van der Waals surface area contributed by atoms with E-state index in [2.05, 4.69) is 9.72 Å². The average Bonchev–Trinajstić information content (AvgIpc) is 3.22. The highest BCUT2D eigenvalue weighted by atomic mass is 32.2. The van der Waals surface area contributed by atoms with E-state index in [-0.39, 0.29) is 17.0 Å². The standard InChI is InChI=1S/C20H17F2N3O6S/c1-29-16-8-12(14(25(27)28)9-17(16)31-19(21)22)11-30-18(26)15-10-23-20(32-2)24(15)13-6-4-3-5-7-13/h3-10,19H,11H2,1-2H3. The molecule has 0 spiro atoms. The predicted molar refractivity (Wildman–Crippen MR) is 111 cm³/mol. The number of rotatable bonds is 9. The van der Waals surface area contributed by atoms with Gasteiger partial charge < -0.3 is 14.2 Å². The third-order valence-corrected chi connectivity index (χ3v) is 4.93. The first-order valence-corrected chi connectivity index (χ1v) is 10.2. The summed E-state index contributed by atoms with van der Waals surface area (Å²) in [5.74, 6) is -1.44. The molecule has 0 amide bonds. The summed E-state index contributed by atoms with van der Waals surface area (Å²) in [7, 11) is 1.19. The molecule has 1 heterocycles. The highest BCUT2D eigenvalue weighted by Crippen LogP contribution is 2.36. The topological polar surface area (TPSA) is 106 Å². The Morgan fingerprint density at radius 1 is 1.25 bits per heavy atom. The molecule has 0 atom stereocenters. The van der Waals surface area contributed by atoms with Crippen LogP contribution in [0.15, 0.2) is 53.8 Å². The van der Waals surface area contributed by atoms with Crippen LogP contribution in [0.1, 0.15) is 16.1 Å². The third-order valence-electron chi connectivity index (χ3n) is 4.27. The summed E-state index contributed by atoms with van der Waals surface area (Å²) in [6, 6.07) is 10.9. The second kappa shape index (κ2) is 10.1. The first-order chi connectivity index (χ1) is 15.3. The molecule has 0 saturated carbocycles. The molecule has 12 heteroatoms. The number of imidazole rings is 1. The first kappa shape index (κ1) is 23.0. The number of hydrogen-bond donors (Lipinski definition) is 0. The minimum absolute atomic E-state index is 0.0577. The minimum Gasteiger partial charge on any atom is -0.493 e. The van der Waals surface area contributed by atoms with Crippen molar-refractivity contribution in [2.75, 3.05) is 13.4 Å². The van der Waals surface area contributed by atoms with Crippen LogP contribution in [0.3, 0.4) is 0 Å². The zero-order valence-corrected chi connectivity index (χ0v) is 17.7. The molecule has 0 aliphatic carbocycles. The van der Waals surface area contributed by atoms with Crippen molar-refractivity contribution in [1.82, 2.24) is 9.55 Å². The van der Waals surface area contributed by atoms with E-state index in [0.717, 1.165) is 12.1 Å². The van der Waals surface area contributed by atoms with Gasteiger partial charge in [0.25, 0.3) is 5.69 Å². The Labute approximate surface area is 185 Å². The van der Waals surface area contributed by atoms with Gasteiger partial charge in [0.1, 0.15) is 6.61 Å². The molecule has 2 aromatic carbocycles. The number of aromatic nitrogens is 2. The van der Waals surface area contributed by atoms with Crippen molar-refractivity contribution in [3.05, 3.63) is 70.0 Å². The van der Waals surface area contributed by atoms with Crippen molar-refractivity contribution in [3.8, 4) is 17.2 Å². The lowest BCUT2D eigenvalue weighted by Crippen LogP contribution is -2.12. The largest absolute Gasteiger partial charge is 0.493 e. The highest BCUT2D eigenvalue weighted by molar-refractivity contribution is 7.98. The molecule has 3 rings (SSSR count). The lowest BCUT2D eigenvalue weighted by molar-refractivity contribution is -0.386. The van der Waals surface area contributed by atoms with Crippen LogP contribution in [0.5, 0.6) is 11.5 Å². The predicted octanol–water partition coefficient (Wildman–Crippen LogP) is 4.47. The van der Waals surface area contributed by atoms with E-state index in [9.17, 15) is 23.7 Å².